The number of para-hydroxylation sites is 1. The predicted molar refractivity (Wildman–Crippen MR) is 94.2 cm³/mol. The van der Waals surface area contributed by atoms with Gasteiger partial charge in [0, 0.05) is 18.1 Å². The second-order valence-corrected chi connectivity index (χ2v) is 6.24. The van der Waals surface area contributed by atoms with Crippen molar-refractivity contribution >= 4 is 11.7 Å². The summed E-state index contributed by atoms with van der Waals surface area (Å²) in [6.45, 7) is 0.251. The number of carbonyl (C=O) groups excluding carboxylic acids is 1. The maximum Gasteiger partial charge on any atom is 0.387 e. The number of halogens is 2. The Morgan fingerprint density at radius 1 is 1.31 bits per heavy atom. The van der Waals surface area contributed by atoms with Crippen molar-refractivity contribution in [1.29, 1.82) is 0 Å². The van der Waals surface area contributed by atoms with Crippen LogP contribution in [0.4, 0.5) is 14.6 Å². The van der Waals surface area contributed by atoms with Crippen LogP contribution in [-0.2, 0) is 4.79 Å². The molecule has 2 N–H and O–H groups in total. The maximum absolute atomic E-state index is 12.5. The summed E-state index contributed by atoms with van der Waals surface area (Å²) in [4.78, 5) is 14.4. The van der Waals surface area contributed by atoms with E-state index in [0.29, 0.717) is 23.5 Å². The van der Waals surface area contributed by atoms with Gasteiger partial charge in [0.2, 0.25) is 5.91 Å². The third kappa shape index (κ3) is 5.01. The van der Waals surface area contributed by atoms with Crippen LogP contribution in [0.1, 0.15) is 25.7 Å². The van der Waals surface area contributed by atoms with Crippen molar-refractivity contribution in [3.63, 3.8) is 0 Å². The van der Waals surface area contributed by atoms with E-state index >= 15 is 0 Å². The molecule has 0 bridgehead atoms. The first-order chi connectivity index (χ1) is 12.6. The fraction of sp³-hybridized carbons (Fsp3) is 0.444. The maximum atomic E-state index is 12.5. The molecule has 0 atom stereocenters. The summed E-state index contributed by atoms with van der Waals surface area (Å²) >= 11 is 0. The molecule has 1 aliphatic heterocycles. The Morgan fingerprint density at radius 3 is 2.85 bits per heavy atom. The Hall–Kier alpha value is -2.48. The van der Waals surface area contributed by atoms with Crippen LogP contribution in [0.15, 0.2) is 30.3 Å². The van der Waals surface area contributed by atoms with Crippen molar-refractivity contribution in [3.8, 4) is 17.0 Å². The number of H-pyrrole nitrogens is 1. The van der Waals surface area contributed by atoms with Crippen LogP contribution in [-0.4, -0.2) is 47.3 Å². The Bertz CT molecular complexity index is 729. The average molecular weight is 364 g/mol. The lowest BCUT2D eigenvalue weighted by Crippen LogP contribution is -2.22. The van der Waals surface area contributed by atoms with Crippen molar-refractivity contribution in [2.24, 2.45) is 0 Å². The highest BCUT2D eigenvalue weighted by atomic mass is 19.3. The second-order valence-electron chi connectivity index (χ2n) is 6.24. The molecule has 26 heavy (non-hydrogen) atoms. The molecule has 1 aliphatic rings. The van der Waals surface area contributed by atoms with Gasteiger partial charge in [-0.05, 0) is 51.0 Å². The SMILES string of the molecule is O=C(CCCN1CCCC1)Nc1cc(-c2ccccc2OC(F)F)[nH]n1. The molecule has 1 saturated heterocycles. The van der Waals surface area contributed by atoms with Crippen molar-refractivity contribution in [3.05, 3.63) is 30.3 Å². The summed E-state index contributed by atoms with van der Waals surface area (Å²) in [5, 5.41) is 9.50. The average Bonchev–Trinajstić information content (AvgIpc) is 3.27. The van der Waals surface area contributed by atoms with Crippen molar-refractivity contribution in [1.82, 2.24) is 15.1 Å². The van der Waals surface area contributed by atoms with E-state index in [4.69, 9.17) is 0 Å². The van der Waals surface area contributed by atoms with E-state index in [-0.39, 0.29) is 11.7 Å². The minimum absolute atomic E-state index is 0.0506. The molecule has 1 aromatic carbocycles. The van der Waals surface area contributed by atoms with Crippen LogP contribution in [0.5, 0.6) is 5.75 Å². The van der Waals surface area contributed by atoms with Gasteiger partial charge in [-0.15, -0.1) is 0 Å². The summed E-state index contributed by atoms with van der Waals surface area (Å²) in [7, 11) is 0. The van der Waals surface area contributed by atoms with Gasteiger partial charge in [-0.3, -0.25) is 9.89 Å². The smallest absolute Gasteiger partial charge is 0.387 e. The molecule has 2 heterocycles. The van der Waals surface area contributed by atoms with Crippen LogP contribution in [0.25, 0.3) is 11.3 Å². The molecule has 0 radical (unpaired) electrons. The van der Waals surface area contributed by atoms with E-state index in [2.05, 4.69) is 25.2 Å². The zero-order chi connectivity index (χ0) is 18.4. The van der Waals surface area contributed by atoms with Crippen LogP contribution in [0, 0.1) is 0 Å². The molecular formula is C18H22F2N4O2. The van der Waals surface area contributed by atoms with Crippen molar-refractivity contribution in [2.45, 2.75) is 32.3 Å². The number of rotatable bonds is 8. The number of aromatic amines is 1. The monoisotopic (exact) mass is 364 g/mol. The van der Waals surface area contributed by atoms with Gasteiger partial charge in [0.15, 0.2) is 5.82 Å². The summed E-state index contributed by atoms with van der Waals surface area (Å²) < 4.78 is 29.5. The lowest BCUT2D eigenvalue weighted by molar-refractivity contribution is -0.116. The molecule has 0 saturated carbocycles. The van der Waals surface area contributed by atoms with E-state index in [0.717, 1.165) is 26.1 Å². The molecule has 140 valence electrons. The molecule has 3 rings (SSSR count). The Morgan fingerprint density at radius 2 is 2.08 bits per heavy atom. The second kappa shape index (κ2) is 8.75. The quantitative estimate of drug-likeness (QED) is 0.752. The lowest BCUT2D eigenvalue weighted by Gasteiger charge is -2.13. The number of ether oxygens (including phenoxy) is 1. The van der Waals surface area contributed by atoms with Crippen molar-refractivity contribution < 1.29 is 18.3 Å². The molecule has 0 unspecified atom stereocenters. The fourth-order valence-electron chi connectivity index (χ4n) is 3.09. The minimum atomic E-state index is -2.91. The number of nitrogens with zero attached hydrogens (tertiary/aromatic N) is 2. The van der Waals surface area contributed by atoms with E-state index in [1.165, 1.54) is 18.9 Å². The number of amides is 1. The Labute approximate surface area is 150 Å². The third-order valence-electron chi connectivity index (χ3n) is 4.32. The molecule has 1 aromatic heterocycles. The highest BCUT2D eigenvalue weighted by Crippen LogP contribution is 2.30. The molecule has 0 spiro atoms. The van der Waals surface area contributed by atoms with Gasteiger partial charge >= 0.3 is 6.61 Å². The number of carbonyl (C=O) groups is 1. The standard InChI is InChI=1S/C18H22F2N4O2/c19-18(20)26-15-7-2-1-6-13(15)14-12-16(23-22-14)21-17(25)8-5-11-24-9-3-4-10-24/h1-2,6-7,12,18H,3-5,8-11H2,(H2,21,22,23,25). The number of hydrogen-bond donors (Lipinski definition) is 2. The number of nitrogens with one attached hydrogen (secondary N) is 2. The lowest BCUT2D eigenvalue weighted by atomic mass is 10.1. The first kappa shape index (κ1) is 18.3. The van der Waals surface area contributed by atoms with Gasteiger partial charge in [0.25, 0.3) is 0 Å². The zero-order valence-corrected chi connectivity index (χ0v) is 14.4. The number of alkyl halides is 2. The summed E-state index contributed by atoms with van der Waals surface area (Å²) in [6, 6.07) is 8.03. The number of aromatic nitrogens is 2. The van der Waals surface area contributed by atoms with E-state index in [1.54, 1.807) is 24.3 Å². The fourth-order valence-corrected chi connectivity index (χ4v) is 3.09. The minimum Gasteiger partial charge on any atom is -0.434 e. The van der Waals surface area contributed by atoms with Crippen LogP contribution in [0.2, 0.25) is 0 Å². The van der Waals surface area contributed by atoms with Gasteiger partial charge < -0.3 is 15.0 Å². The van der Waals surface area contributed by atoms with Crippen LogP contribution >= 0.6 is 0 Å². The Balaban J connectivity index is 1.55. The predicted octanol–water partition coefficient (Wildman–Crippen LogP) is 3.49. The largest absolute Gasteiger partial charge is 0.434 e. The molecular weight excluding hydrogens is 342 g/mol. The summed E-state index contributed by atoms with van der Waals surface area (Å²) in [6.07, 6.45) is 3.69. The normalized spacial score (nSPS) is 14.7. The van der Waals surface area contributed by atoms with Gasteiger partial charge in [-0.25, -0.2) is 0 Å². The first-order valence-electron chi connectivity index (χ1n) is 8.73. The number of anilines is 1. The zero-order valence-electron chi connectivity index (χ0n) is 14.4. The molecule has 1 amide bonds. The summed E-state index contributed by atoms with van der Waals surface area (Å²) in [5.41, 5.74) is 0.948. The number of benzene rings is 1. The summed E-state index contributed by atoms with van der Waals surface area (Å²) in [5.74, 6) is 0.298. The molecule has 8 heteroatoms. The highest BCUT2D eigenvalue weighted by Gasteiger charge is 2.15. The van der Waals surface area contributed by atoms with Gasteiger partial charge in [-0.1, -0.05) is 12.1 Å². The first-order valence-corrected chi connectivity index (χ1v) is 8.73. The molecule has 0 aliphatic carbocycles. The molecule has 6 nitrogen and oxygen atoms in total. The van der Waals surface area contributed by atoms with Gasteiger partial charge in [0.1, 0.15) is 5.75 Å². The van der Waals surface area contributed by atoms with E-state index in [9.17, 15) is 13.6 Å². The van der Waals surface area contributed by atoms with E-state index in [1.807, 2.05) is 0 Å². The Kier molecular flexibility index (Phi) is 6.17. The van der Waals surface area contributed by atoms with E-state index < -0.39 is 6.61 Å². The third-order valence-corrected chi connectivity index (χ3v) is 4.32. The highest BCUT2D eigenvalue weighted by molar-refractivity contribution is 5.90. The van der Waals surface area contributed by atoms with Crippen molar-refractivity contribution in [2.75, 3.05) is 25.0 Å². The van der Waals surface area contributed by atoms with Crippen LogP contribution < -0.4 is 10.1 Å². The molecule has 2 aromatic rings. The topological polar surface area (TPSA) is 70.2 Å². The number of hydrogen-bond acceptors (Lipinski definition) is 4. The van der Waals surface area contributed by atoms with Gasteiger partial charge in [0.05, 0.1) is 5.69 Å². The molecule has 1 fully saturated rings. The van der Waals surface area contributed by atoms with Crippen LogP contribution in [0.3, 0.4) is 0 Å². The van der Waals surface area contributed by atoms with Gasteiger partial charge in [-0.2, -0.15) is 13.9 Å². The number of likely N-dealkylation sites (tertiary alicyclic amines) is 1.